The van der Waals surface area contributed by atoms with E-state index in [2.05, 4.69) is 36.6 Å². The summed E-state index contributed by atoms with van der Waals surface area (Å²) < 4.78 is 2.20. The Morgan fingerprint density at radius 1 is 1.35 bits per heavy atom. The molecule has 90 valence electrons. The van der Waals surface area contributed by atoms with E-state index in [1.807, 2.05) is 6.07 Å². The normalized spacial score (nSPS) is 10.9. The SMILES string of the molecule is Cc1cccc2c1cc(C)n2CCCC(=O)O. The van der Waals surface area contributed by atoms with Gasteiger partial charge in [0, 0.05) is 29.6 Å². The average molecular weight is 231 g/mol. The number of hydrogen-bond acceptors (Lipinski definition) is 1. The first-order chi connectivity index (χ1) is 8.09. The Morgan fingerprint density at radius 3 is 2.82 bits per heavy atom. The van der Waals surface area contributed by atoms with Gasteiger partial charge in [-0.3, -0.25) is 4.79 Å². The maximum atomic E-state index is 10.5. The van der Waals surface area contributed by atoms with Crippen molar-refractivity contribution in [3.05, 3.63) is 35.5 Å². The minimum absolute atomic E-state index is 0.227. The van der Waals surface area contributed by atoms with Crippen molar-refractivity contribution >= 4 is 16.9 Å². The molecule has 0 saturated carbocycles. The highest BCUT2D eigenvalue weighted by molar-refractivity contribution is 5.84. The third-order valence-electron chi connectivity index (χ3n) is 3.14. The number of aromatic nitrogens is 1. The molecule has 0 unspecified atom stereocenters. The molecule has 1 N–H and O–H groups in total. The summed E-state index contributed by atoms with van der Waals surface area (Å²) in [5.41, 5.74) is 3.66. The summed E-state index contributed by atoms with van der Waals surface area (Å²) in [5.74, 6) is -0.727. The van der Waals surface area contributed by atoms with Crippen LogP contribution >= 0.6 is 0 Å². The average Bonchev–Trinajstić information content (AvgIpc) is 2.57. The van der Waals surface area contributed by atoms with E-state index < -0.39 is 5.97 Å². The third kappa shape index (κ3) is 2.33. The molecule has 0 aliphatic heterocycles. The summed E-state index contributed by atoms with van der Waals surface area (Å²) >= 11 is 0. The van der Waals surface area contributed by atoms with E-state index in [9.17, 15) is 4.79 Å². The predicted molar refractivity (Wildman–Crippen MR) is 68.3 cm³/mol. The Hall–Kier alpha value is -1.77. The lowest BCUT2D eigenvalue weighted by Crippen LogP contribution is -2.03. The monoisotopic (exact) mass is 231 g/mol. The summed E-state index contributed by atoms with van der Waals surface area (Å²) in [6, 6.07) is 8.41. The van der Waals surface area contributed by atoms with Crippen LogP contribution in [0.3, 0.4) is 0 Å². The molecule has 0 radical (unpaired) electrons. The van der Waals surface area contributed by atoms with Gasteiger partial charge in [-0.25, -0.2) is 0 Å². The number of rotatable bonds is 4. The van der Waals surface area contributed by atoms with Gasteiger partial charge in [0.25, 0.3) is 0 Å². The van der Waals surface area contributed by atoms with Crippen LogP contribution in [-0.2, 0) is 11.3 Å². The summed E-state index contributed by atoms with van der Waals surface area (Å²) in [6.07, 6.45) is 0.902. The van der Waals surface area contributed by atoms with Crippen LogP contribution in [0.1, 0.15) is 24.1 Å². The molecule has 3 heteroatoms. The van der Waals surface area contributed by atoms with E-state index >= 15 is 0 Å². The molecule has 0 atom stereocenters. The molecular weight excluding hydrogens is 214 g/mol. The van der Waals surface area contributed by atoms with Crippen molar-refractivity contribution in [1.82, 2.24) is 4.57 Å². The maximum Gasteiger partial charge on any atom is 0.303 e. The van der Waals surface area contributed by atoms with E-state index in [-0.39, 0.29) is 6.42 Å². The highest BCUT2D eigenvalue weighted by atomic mass is 16.4. The van der Waals surface area contributed by atoms with Crippen LogP contribution in [0.25, 0.3) is 10.9 Å². The van der Waals surface area contributed by atoms with Gasteiger partial charge in [-0.15, -0.1) is 0 Å². The molecule has 1 aromatic heterocycles. The second-order valence-electron chi connectivity index (χ2n) is 4.44. The molecule has 0 spiro atoms. The number of benzene rings is 1. The van der Waals surface area contributed by atoms with E-state index in [0.29, 0.717) is 6.42 Å². The molecule has 0 aliphatic carbocycles. The number of fused-ring (bicyclic) bond motifs is 1. The quantitative estimate of drug-likeness (QED) is 0.878. The molecule has 2 aromatic rings. The first-order valence-electron chi connectivity index (χ1n) is 5.87. The standard InChI is InChI=1S/C14H17NO2/c1-10-5-3-6-13-12(10)9-11(2)15(13)8-4-7-14(16)17/h3,5-6,9H,4,7-8H2,1-2H3,(H,16,17). The lowest BCUT2D eigenvalue weighted by Gasteiger charge is -2.07. The van der Waals surface area contributed by atoms with E-state index in [1.165, 1.54) is 22.2 Å². The minimum Gasteiger partial charge on any atom is -0.481 e. The smallest absolute Gasteiger partial charge is 0.303 e. The van der Waals surface area contributed by atoms with Gasteiger partial charge in [0.05, 0.1) is 0 Å². The van der Waals surface area contributed by atoms with Gasteiger partial charge in [0.1, 0.15) is 0 Å². The largest absolute Gasteiger partial charge is 0.481 e. The van der Waals surface area contributed by atoms with Crippen LogP contribution in [-0.4, -0.2) is 15.6 Å². The molecule has 1 aromatic carbocycles. The van der Waals surface area contributed by atoms with Crippen molar-refractivity contribution in [1.29, 1.82) is 0 Å². The van der Waals surface area contributed by atoms with Crippen LogP contribution in [0.15, 0.2) is 24.3 Å². The molecule has 0 aliphatic rings. The summed E-state index contributed by atoms with van der Waals surface area (Å²) in [7, 11) is 0. The van der Waals surface area contributed by atoms with Gasteiger partial charge < -0.3 is 9.67 Å². The zero-order valence-electron chi connectivity index (χ0n) is 10.2. The third-order valence-corrected chi connectivity index (χ3v) is 3.14. The number of nitrogens with zero attached hydrogens (tertiary/aromatic N) is 1. The van der Waals surface area contributed by atoms with Crippen molar-refractivity contribution < 1.29 is 9.90 Å². The van der Waals surface area contributed by atoms with Crippen molar-refractivity contribution in [3.8, 4) is 0 Å². The molecular formula is C14H17NO2. The van der Waals surface area contributed by atoms with Crippen LogP contribution in [0, 0.1) is 13.8 Å². The van der Waals surface area contributed by atoms with Crippen molar-refractivity contribution in [2.24, 2.45) is 0 Å². The van der Waals surface area contributed by atoms with Crippen molar-refractivity contribution in [3.63, 3.8) is 0 Å². The van der Waals surface area contributed by atoms with Crippen LogP contribution in [0.4, 0.5) is 0 Å². The maximum absolute atomic E-state index is 10.5. The van der Waals surface area contributed by atoms with Gasteiger partial charge in [0.2, 0.25) is 0 Å². The lowest BCUT2D eigenvalue weighted by atomic mass is 10.1. The number of carboxylic acid groups (broad SMARTS) is 1. The number of hydrogen-bond donors (Lipinski definition) is 1. The number of carboxylic acids is 1. The number of aryl methyl sites for hydroxylation is 3. The van der Waals surface area contributed by atoms with E-state index in [0.717, 1.165) is 6.54 Å². The summed E-state index contributed by atoms with van der Waals surface area (Å²) in [6.45, 7) is 4.94. The first-order valence-corrected chi connectivity index (χ1v) is 5.87. The molecule has 0 saturated heterocycles. The first kappa shape index (κ1) is 11.7. The molecule has 0 amide bonds. The summed E-state index contributed by atoms with van der Waals surface area (Å²) in [5, 5.41) is 9.92. The lowest BCUT2D eigenvalue weighted by molar-refractivity contribution is -0.137. The van der Waals surface area contributed by atoms with E-state index in [1.54, 1.807) is 0 Å². The van der Waals surface area contributed by atoms with Crippen molar-refractivity contribution in [2.75, 3.05) is 0 Å². The highest BCUT2D eigenvalue weighted by Gasteiger charge is 2.07. The molecule has 1 heterocycles. The second-order valence-corrected chi connectivity index (χ2v) is 4.44. The topological polar surface area (TPSA) is 42.2 Å². The molecule has 3 nitrogen and oxygen atoms in total. The Labute approximate surface area is 101 Å². The highest BCUT2D eigenvalue weighted by Crippen LogP contribution is 2.23. The van der Waals surface area contributed by atoms with Crippen molar-refractivity contribution in [2.45, 2.75) is 33.2 Å². The predicted octanol–water partition coefficient (Wildman–Crippen LogP) is 3.12. The van der Waals surface area contributed by atoms with Crippen LogP contribution in [0.2, 0.25) is 0 Å². The Balaban J connectivity index is 2.30. The van der Waals surface area contributed by atoms with Gasteiger partial charge in [-0.05, 0) is 38.0 Å². The van der Waals surface area contributed by atoms with Gasteiger partial charge in [-0.2, -0.15) is 0 Å². The van der Waals surface area contributed by atoms with Gasteiger partial charge in [0.15, 0.2) is 0 Å². The Bertz CT molecular complexity index is 555. The fourth-order valence-corrected chi connectivity index (χ4v) is 2.25. The Kier molecular flexibility index (Phi) is 3.18. The van der Waals surface area contributed by atoms with Crippen LogP contribution < -0.4 is 0 Å². The number of aliphatic carboxylic acids is 1. The molecule has 0 fully saturated rings. The molecule has 17 heavy (non-hydrogen) atoms. The number of carbonyl (C=O) groups is 1. The zero-order valence-corrected chi connectivity index (χ0v) is 10.2. The zero-order chi connectivity index (χ0) is 12.4. The summed E-state index contributed by atoms with van der Waals surface area (Å²) in [4.78, 5) is 10.5. The fraction of sp³-hybridized carbons (Fsp3) is 0.357. The fourth-order valence-electron chi connectivity index (χ4n) is 2.25. The molecule has 2 rings (SSSR count). The van der Waals surface area contributed by atoms with E-state index in [4.69, 9.17) is 5.11 Å². The van der Waals surface area contributed by atoms with Crippen LogP contribution in [0.5, 0.6) is 0 Å². The minimum atomic E-state index is -0.727. The molecule has 0 bridgehead atoms. The van der Waals surface area contributed by atoms with Gasteiger partial charge in [-0.1, -0.05) is 12.1 Å². The van der Waals surface area contributed by atoms with Gasteiger partial charge >= 0.3 is 5.97 Å². The Morgan fingerprint density at radius 2 is 2.12 bits per heavy atom. The second kappa shape index (κ2) is 4.62.